The topological polar surface area (TPSA) is 41.1 Å². The zero-order valence-corrected chi connectivity index (χ0v) is 16.1. The molecule has 0 radical (unpaired) electrons. The Bertz CT molecular complexity index is 676. The number of carbonyl (C=O) groups is 1. The van der Waals surface area contributed by atoms with Gasteiger partial charge in [0.05, 0.1) is 9.70 Å². The molecular weight excluding hydrogens is 396 g/mol. The van der Waals surface area contributed by atoms with Gasteiger partial charge in [0.15, 0.2) is 0 Å². The molecule has 6 heteroatoms. The average Bonchev–Trinajstić information content (AvgIpc) is 2.98. The molecule has 0 aliphatic carbocycles. The fourth-order valence-corrected chi connectivity index (χ4v) is 4.29. The Morgan fingerprint density at radius 1 is 1.39 bits per heavy atom. The summed E-state index contributed by atoms with van der Waals surface area (Å²) in [6.45, 7) is 3.55. The van der Waals surface area contributed by atoms with E-state index in [1.54, 1.807) is 11.3 Å². The highest BCUT2D eigenvalue weighted by Gasteiger charge is 2.22. The van der Waals surface area contributed by atoms with Crippen molar-refractivity contribution in [2.45, 2.75) is 25.3 Å². The molecule has 1 aromatic carbocycles. The monoisotopic (exact) mass is 414 g/mol. The lowest BCUT2D eigenvalue weighted by Crippen LogP contribution is -2.39. The Hall–Kier alpha value is -0.880. The first-order chi connectivity index (χ1) is 10.6. The second-order valence-electron chi connectivity index (χ2n) is 5.56. The van der Waals surface area contributed by atoms with Crippen LogP contribution in [0.1, 0.15) is 34.9 Å². The molecule has 3 nitrogen and oxygen atoms in total. The van der Waals surface area contributed by atoms with Gasteiger partial charge in [-0.3, -0.25) is 4.79 Å². The summed E-state index contributed by atoms with van der Waals surface area (Å²) in [5, 5.41) is 6.58. The summed E-state index contributed by atoms with van der Waals surface area (Å²) >= 11 is 5.06. The van der Waals surface area contributed by atoms with E-state index < -0.39 is 0 Å². The Balaban J connectivity index is 0.00000192. The molecule has 0 saturated carbocycles. The van der Waals surface area contributed by atoms with E-state index >= 15 is 0 Å². The minimum absolute atomic E-state index is 0. The van der Waals surface area contributed by atoms with Crippen LogP contribution in [0.2, 0.25) is 0 Å². The number of thiophene rings is 1. The van der Waals surface area contributed by atoms with E-state index in [0.717, 1.165) is 21.6 Å². The largest absolute Gasteiger partial charge is 0.354 e. The Labute approximate surface area is 155 Å². The molecule has 1 aromatic heterocycles. The summed E-state index contributed by atoms with van der Waals surface area (Å²) < 4.78 is 1.06. The number of halogens is 2. The molecule has 23 heavy (non-hydrogen) atoms. The lowest BCUT2D eigenvalue weighted by Gasteiger charge is -2.27. The highest BCUT2D eigenvalue weighted by Crippen LogP contribution is 2.28. The van der Waals surface area contributed by atoms with Crippen molar-refractivity contribution in [1.82, 2.24) is 10.6 Å². The van der Waals surface area contributed by atoms with Gasteiger partial charge in [0.25, 0.3) is 0 Å². The molecule has 2 N–H and O–H groups in total. The zero-order valence-electron chi connectivity index (χ0n) is 12.8. The SMILES string of the molecule is CC(C(=O)NCC1NCCc2ccccc21)c1ccc(Br)s1.Cl. The van der Waals surface area contributed by atoms with E-state index in [-0.39, 0.29) is 30.3 Å². The van der Waals surface area contributed by atoms with E-state index in [2.05, 4.69) is 50.8 Å². The fraction of sp³-hybridized carbons (Fsp3) is 0.353. The summed E-state index contributed by atoms with van der Waals surface area (Å²) in [6.07, 6.45) is 1.06. The lowest BCUT2D eigenvalue weighted by molar-refractivity contribution is -0.122. The summed E-state index contributed by atoms with van der Waals surface area (Å²) in [5.74, 6) is -0.0330. The molecule has 2 aromatic rings. The molecular formula is C17H20BrClN2OS. The third kappa shape index (κ3) is 4.35. The van der Waals surface area contributed by atoms with E-state index in [9.17, 15) is 4.79 Å². The second-order valence-corrected chi connectivity index (χ2v) is 8.06. The van der Waals surface area contributed by atoms with Gasteiger partial charge in [-0.2, -0.15) is 0 Å². The predicted octanol–water partition coefficient (Wildman–Crippen LogP) is 4.04. The van der Waals surface area contributed by atoms with Crippen LogP contribution >= 0.6 is 39.7 Å². The Morgan fingerprint density at radius 3 is 2.91 bits per heavy atom. The molecule has 3 rings (SSSR count). The first-order valence-electron chi connectivity index (χ1n) is 7.49. The van der Waals surface area contributed by atoms with Crippen molar-refractivity contribution >= 4 is 45.6 Å². The van der Waals surface area contributed by atoms with Crippen LogP contribution in [-0.2, 0) is 11.2 Å². The van der Waals surface area contributed by atoms with Gasteiger partial charge in [-0.1, -0.05) is 24.3 Å². The summed E-state index contributed by atoms with van der Waals surface area (Å²) in [7, 11) is 0. The fourth-order valence-electron chi connectivity index (χ4n) is 2.82. The number of benzene rings is 1. The minimum Gasteiger partial charge on any atom is -0.354 e. The molecule has 124 valence electrons. The summed E-state index contributed by atoms with van der Waals surface area (Å²) in [4.78, 5) is 13.4. The molecule has 0 fully saturated rings. The number of nitrogens with one attached hydrogen (secondary N) is 2. The molecule has 0 saturated heterocycles. The molecule has 0 spiro atoms. The van der Waals surface area contributed by atoms with Crippen molar-refractivity contribution in [2.24, 2.45) is 0 Å². The van der Waals surface area contributed by atoms with Gasteiger partial charge < -0.3 is 10.6 Å². The standard InChI is InChI=1S/C17H19BrN2OS.ClH/c1-11(15-6-7-16(18)22-15)17(21)20-10-14-13-5-3-2-4-12(13)8-9-19-14;/h2-7,11,14,19H,8-10H2,1H3,(H,20,21);1H. The van der Waals surface area contributed by atoms with Crippen molar-refractivity contribution in [3.05, 3.63) is 56.2 Å². The van der Waals surface area contributed by atoms with Crippen molar-refractivity contribution in [1.29, 1.82) is 0 Å². The average molecular weight is 416 g/mol. The molecule has 1 aliphatic rings. The molecule has 2 atom stereocenters. The lowest BCUT2D eigenvalue weighted by atomic mass is 9.94. The third-order valence-corrected chi connectivity index (χ3v) is 5.92. The zero-order chi connectivity index (χ0) is 15.5. The summed E-state index contributed by atoms with van der Waals surface area (Å²) in [6, 6.07) is 12.7. The normalized spacial score (nSPS) is 17.7. The predicted molar refractivity (Wildman–Crippen MR) is 102 cm³/mol. The van der Waals surface area contributed by atoms with E-state index in [0.29, 0.717) is 6.54 Å². The number of carbonyl (C=O) groups excluding carboxylic acids is 1. The van der Waals surface area contributed by atoms with Crippen molar-refractivity contribution < 1.29 is 4.79 Å². The van der Waals surface area contributed by atoms with Gasteiger partial charge in [0.2, 0.25) is 5.91 Å². The molecule has 2 heterocycles. The van der Waals surface area contributed by atoms with Gasteiger partial charge in [-0.15, -0.1) is 23.7 Å². The van der Waals surface area contributed by atoms with E-state index in [1.165, 1.54) is 11.1 Å². The van der Waals surface area contributed by atoms with Gasteiger partial charge in [0, 0.05) is 17.5 Å². The van der Waals surface area contributed by atoms with E-state index in [4.69, 9.17) is 0 Å². The summed E-state index contributed by atoms with van der Waals surface area (Å²) in [5.41, 5.74) is 2.69. The van der Waals surface area contributed by atoms with Gasteiger partial charge in [-0.25, -0.2) is 0 Å². The number of hydrogen-bond acceptors (Lipinski definition) is 3. The molecule has 1 amide bonds. The van der Waals surface area contributed by atoms with Crippen LogP contribution in [-0.4, -0.2) is 19.0 Å². The van der Waals surface area contributed by atoms with Gasteiger partial charge in [0.1, 0.15) is 0 Å². The van der Waals surface area contributed by atoms with Crippen LogP contribution in [0.15, 0.2) is 40.2 Å². The van der Waals surface area contributed by atoms with Crippen LogP contribution in [0.25, 0.3) is 0 Å². The highest BCUT2D eigenvalue weighted by molar-refractivity contribution is 9.11. The van der Waals surface area contributed by atoms with Crippen molar-refractivity contribution in [3.63, 3.8) is 0 Å². The smallest absolute Gasteiger partial charge is 0.228 e. The maximum absolute atomic E-state index is 12.4. The number of amides is 1. The molecule has 2 unspecified atom stereocenters. The number of hydrogen-bond donors (Lipinski definition) is 2. The van der Waals surface area contributed by atoms with Crippen LogP contribution in [0.4, 0.5) is 0 Å². The van der Waals surface area contributed by atoms with E-state index in [1.807, 2.05) is 19.1 Å². The van der Waals surface area contributed by atoms with Crippen molar-refractivity contribution in [2.75, 3.05) is 13.1 Å². The third-order valence-electron chi connectivity index (χ3n) is 4.11. The Kier molecular flexibility index (Phi) is 6.65. The minimum atomic E-state index is -0.116. The van der Waals surface area contributed by atoms with Gasteiger partial charge in [-0.05, 0) is 59.1 Å². The molecule has 1 aliphatic heterocycles. The maximum Gasteiger partial charge on any atom is 0.228 e. The highest BCUT2D eigenvalue weighted by atomic mass is 79.9. The van der Waals surface area contributed by atoms with Crippen LogP contribution in [0, 0.1) is 0 Å². The Morgan fingerprint density at radius 2 is 2.17 bits per heavy atom. The van der Waals surface area contributed by atoms with Crippen molar-refractivity contribution in [3.8, 4) is 0 Å². The number of fused-ring (bicyclic) bond motifs is 1. The first kappa shape index (κ1) is 18.5. The van der Waals surface area contributed by atoms with Crippen LogP contribution < -0.4 is 10.6 Å². The molecule has 0 bridgehead atoms. The number of rotatable bonds is 4. The maximum atomic E-state index is 12.4. The second kappa shape index (κ2) is 8.29. The van der Waals surface area contributed by atoms with Crippen LogP contribution in [0.3, 0.4) is 0 Å². The first-order valence-corrected chi connectivity index (χ1v) is 9.10. The van der Waals surface area contributed by atoms with Gasteiger partial charge >= 0.3 is 0 Å². The quantitative estimate of drug-likeness (QED) is 0.791. The van der Waals surface area contributed by atoms with Crippen LogP contribution in [0.5, 0.6) is 0 Å².